The monoisotopic (exact) mass is 426 g/mol. The van der Waals surface area contributed by atoms with Gasteiger partial charge in [0.1, 0.15) is 5.39 Å². The predicted octanol–water partition coefficient (Wildman–Crippen LogP) is 2.03. The first-order valence-electron chi connectivity index (χ1n) is 9.06. The molecule has 0 bridgehead atoms. The Morgan fingerprint density at radius 1 is 1.57 bits per heavy atom. The molecule has 0 aromatic carbocycles. The third-order valence-electron chi connectivity index (χ3n) is 4.57. The average Bonchev–Trinajstić information content (AvgIpc) is 3.24. The number of ether oxygens (including phenoxy) is 1. The maximum atomic E-state index is 12.4. The van der Waals surface area contributed by atoms with Crippen molar-refractivity contribution < 1.29 is 9.84 Å². The van der Waals surface area contributed by atoms with Gasteiger partial charge < -0.3 is 14.7 Å². The Labute approximate surface area is 171 Å². The number of hydrogen-bond donors (Lipinski definition) is 2. The first-order valence-corrected chi connectivity index (χ1v) is 11.7. The molecule has 2 N–H and O–H groups in total. The van der Waals surface area contributed by atoms with Crippen LogP contribution in [0.2, 0.25) is 0 Å². The van der Waals surface area contributed by atoms with Crippen molar-refractivity contribution in [2.75, 3.05) is 27.0 Å². The molecule has 0 unspecified atom stereocenters. The van der Waals surface area contributed by atoms with E-state index in [9.17, 15) is 9.90 Å². The maximum Gasteiger partial charge on any atom is 0.263 e. The van der Waals surface area contributed by atoms with E-state index in [0.717, 1.165) is 6.42 Å². The number of aliphatic imine (C=N–C) groups is 1. The number of fused-ring (bicyclic) bond motifs is 1. The molecular formula is C17H26N6O3S2. The minimum Gasteiger partial charge on any atom is -0.394 e. The fourth-order valence-corrected chi connectivity index (χ4v) is 5.25. The van der Waals surface area contributed by atoms with Crippen LogP contribution in [0.1, 0.15) is 26.0 Å². The van der Waals surface area contributed by atoms with E-state index in [-0.39, 0.29) is 36.4 Å². The summed E-state index contributed by atoms with van der Waals surface area (Å²) in [6, 6.07) is 0. The first-order chi connectivity index (χ1) is 13.4. The van der Waals surface area contributed by atoms with Gasteiger partial charge in [0, 0.05) is 19.3 Å². The van der Waals surface area contributed by atoms with Gasteiger partial charge in [-0.2, -0.15) is 10.1 Å². The molecule has 1 saturated heterocycles. The molecule has 1 aliphatic heterocycles. The van der Waals surface area contributed by atoms with Gasteiger partial charge in [-0.3, -0.25) is 9.78 Å². The third kappa shape index (κ3) is 4.70. The summed E-state index contributed by atoms with van der Waals surface area (Å²) in [5.74, 6) is 0.434. The lowest BCUT2D eigenvalue weighted by Crippen LogP contribution is -2.22. The molecule has 0 radical (unpaired) electrons. The van der Waals surface area contributed by atoms with Crippen molar-refractivity contribution in [2.45, 2.75) is 37.3 Å². The normalized spacial score (nSPS) is 23.7. The van der Waals surface area contributed by atoms with Crippen molar-refractivity contribution in [3.63, 3.8) is 0 Å². The molecule has 3 heterocycles. The molecule has 2 aromatic rings. The van der Waals surface area contributed by atoms with Crippen LogP contribution in [-0.2, 0) is 4.74 Å². The number of aliphatic hydroxyl groups is 1. The largest absolute Gasteiger partial charge is 0.394 e. The highest BCUT2D eigenvalue weighted by molar-refractivity contribution is 8.76. The van der Waals surface area contributed by atoms with Crippen molar-refractivity contribution in [2.24, 2.45) is 10.9 Å². The highest BCUT2D eigenvalue weighted by atomic mass is 33.1. The molecule has 4 atom stereocenters. The number of hydrogen-bond acceptors (Lipinski definition) is 8. The summed E-state index contributed by atoms with van der Waals surface area (Å²) < 4.78 is 7.70. The number of aromatic amines is 1. The van der Waals surface area contributed by atoms with Crippen LogP contribution in [0.25, 0.3) is 11.0 Å². The minimum absolute atomic E-state index is 0.0383. The standard InChI is InChI=1S/C17H26N6O3S2/c1-10(28-27-4)5-11-6-14(26-13(11)8-24)23-15-12(7-19-23)16(25)21-17(20-15)18-9-22(2)3/h7,9-11,13-14,24H,5-6,8H2,1-4H3,(H,20,21,25)/t10-,11+,13+,14+/m0/s1. The van der Waals surface area contributed by atoms with Crippen molar-refractivity contribution in [3.8, 4) is 0 Å². The van der Waals surface area contributed by atoms with Crippen molar-refractivity contribution in [1.29, 1.82) is 0 Å². The molecule has 154 valence electrons. The molecule has 0 aliphatic carbocycles. The number of rotatable bonds is 8. The quantitative estimate of drug-likeness (QED) is 0.375. The zero-order chi connectivity index (χ0) is 20.3. The third-order valence-corrected chi connectivity index (χ3v) is 6.85. The predicted molar refractivity (Wildman–Crippen MR) is 114 cm³/mol. The van der Waals surface area contributed by atoms with E-state index in [1.165, 1.54) is 6.20 Å². The fourth-order valence-electron chi connectivity index (χ4n) is 3.37. The zero-order valence-corrected chi connectivity index (χ0v) is 18.0. The molecule has 11 heteroatoms. The van der Waals surface area contributed by atoms with Gasteiger partial charge in [-0.15, -0.1) is 0 Å². The van der Waals surface area contributed by atoms with Crippen LogP contribution >= 0.6 is 21.6 Å². The molecule has 3 rings (SSSR count). The SMILES string of the molecule is CSS[C@@H](C)C[C@@H]1C[C@H](n2ncc3c(=O)[nH]c(N=CN(C)C)nc32)O[C@@H]1CO. The van der Waals surface area contributed by atoms with Gasteiger partial charge in [0.15, 0.2) is 11.9 Å². The van der Waals surface area contributed by atoms with E-state index in [1.54, 1.807) is 26.7 Å². The Morgan fingerprint density at radius 2 is 2.36 bits per heavy atom. The van der Waals surface area contributed by atoms with Crippen LogP contribution in [0.3, 0.4) is 0 Å². The van der Waals surface area contributed by atoms with Crippen LogP contribution < -0.4 is 5.56 Å². The summed E-state index contributed by atoms with van der Waals surface area (Å²) in [7, 11) is 7.24. The lowest BCUT2D eigenvalue weighted by atomic mass is 9.96. The molecule has 2 aromatic heterocycles. The topological polar surface area (TPSA) is 109 Å². The lowest BCUT2D eigenvalue weighted by Gasteiger charge is -2.18. The van der Waals surface area contributed by atoms with Crippen LogP contribution in [0.5, 0.6) is 0 Å². The molecule has 9 nitrogen and oxygen atoms in total. The van der Waals surface area contributed by atoms with Gasteiger partial charge in [0.05, 0.1) is 25.2 Å². The van der Waals surface area contributed by atoms with Gasteiger partial charge in [0.2, 0.25) is 5.95 Å². The van der Waals surface area contributed by atoms with Crippen molar-refractivity contribution in [3.05, 3.63) is 16.6 Å². The molecule has 28 heavy (non-hydrogen) atoms. The maximum absolute atomic E-state index is 12.4. The van der Waals surface area contributed by atoms with Crippen LogP contribution in [0.4, 0.5) is 5.95 Å². The highest BCUT2D eigenvalue weighted by Gasteiger charge is 2.37. The van der Waals surface area contributed by atoms with Crippen LogP contribution in [0.15, 0.2) is 16.0 Å². The number of aromatic nitrogens is 4. The Bertz CT molecular complexity index is 883. The van der Waals surface area contributed by atoms with Gasteiger partial charge in [-0.1, -0.05) is 28.5 Å². The van der Waals surface area contributed by atoms with Gasteiger partial charge in [-0.25, -0.2) is 9.67 Å². The van der Waals surface area contributed by atoms with Crippen molar-refractivity contribution in [1.82, 2.24) is 24.6 Å². The number of nitrogens with one attached hydrogen (secondary N) is 1. The second-order valence-electron chi connectivity index (χ2n) is 7.04. The van der Waals surface area contributed by atoms with Gasteiger partial charge >= 0.3 is 0 Å². The molecule has 1 fully saturated rings. The minimum atomic E-state index is -0.369. The second-order valence-corrected chi connectivity index (χ2v) is 9.95. The number of H-pyrrole nitrogens is 1. The van der Waals surface area contributed by atoms with Gasteiger partial charge in [0.25, 0.3) is 5.56 Å². The summed E-state index contributed by atoms with van der Waals surface area (Å²) in [5, 5.41) is 15.0. The Morgan fingerprint density at radius 3 is 3.04 bits per heavy atom. The summed E-state index contributed by atoms with van der Waals surface area (Å²) in [6.07, 6.45) is 6.17. The van der Waals surface area contributed by atoms with E-state index in [4.69, 9.17) is 4.74 Å². The number of nitrogens with zero attached hydrogens (tertiary/aromatic N) is 5. The molecule has 0 spiro atoms. The summed E-state index contributed by atoms with van der Waals surface area (Å²) in [5.41, 5.74) is 0.143. The smallest absolute Gasteiger partial charge is 0.263 e. The van der Waals surface area contributed by atoms with E-state index in [0.29, 0.717) is 22.7 Å². The summed E-state index contributed by atoms with van der Waals surface area (Å²) in [6.45, 7) is 2.14. The Hall–Kier alpha value is -1.56. The Balaban J connectivity index is 1.87. The highest BCUT2D eigenvalue weighted by Crippen LogP contribution is 2.39. The van der Waals surface area contributed by atoms with Gasteiger partial charge in [-0.05, 0) is 25.0 Å². The van der Waals surface area contributed by atoms with E-state index >= 15 is 0 Å². The van der Waals surface area contributed by atoms with E-state index in [1.807, 2.05) is 24.9 Å². The Kier molecular flexibility index (Phi) is 7.02. The van der Waals surface area contributed by atoms with E-state index < -0.39 is 0 Å². The van der Waals surface area contributed by atoms with Crippen molar-refractivity contribution >= 4 is 44.9 Å². The summed E-state index contributed by atoms with van der Waals surface area (Å²) >= 11 is 0. The fraction of sp³-hybridized carbons (Fsp3) is 0.647. The van der Waals surface area contributed by atoms with Crippen LogP contribution in [0, 0.1) is 5.92 Å². The molecule has 0 saturated carbocycles. The zero-order valence-electron chi connectivity index (χ0n) is 16.4. The summed E-state index contributed by atoms with van der Waals surface area (Å²) in [4.78, 5) is 25.4. The average molecular weight is 427 g/mol. The molecular weight excluding hydrogens is 400 g/mol. The first kappa shape index (κ1) is 21.2. The second kappa shape index (κ2) is 9.29. The van der Waals surface area contributed by atoms with E-state index in [2.05, 4.69) is 33.2 Å². The van der Waals surface area contributed by atoms with Crippen LogP contribution in [-0.4, -0.2) is 74.4 Å². The lowest BCUT2D eigenvalue weighted by molar-refractivity contribution is -0.0345. The molecule has 1 aliphatic rings. The molecule has 0 amide bonds. The number of aliphatic hydroxyl groups excluding tert-OH is 1.